The number of aliphatic imine (C=N–C) groups is 1. The zero-order valence-corrected chi connectivity index (χ0v) is 38.8. The minimum Gasteiger partial charge on any atom is -0.355 e. The Morgan fingerprint density at radius 2 is 1.37 bits per heavy atom. The predicted molar refractivity (Wildman–Crippen MR) is 248 cm³/mol. The fraction of sp³-hybridized carbons (Fsp3) is 0.354. The number of hydrogen-bond acceptors (Lipinski definition) is 7. The van der Waals surface area contributed by atoms with Gasteiger partial charge < -0.3 is 5.32 Å². The largest absolute Gasteiger partial charge is 0.355 e. The second-order valence-corrected chi connectivity index (χ2v) is 20.5. The number of allylic oxidation sites excluding steroid dienone is 5. The monoisotopic (exact) mass is 854 g/mol. The second-order valence-electron chi connectivity index (χ2n) is 16.4. The fourth-order valence-corrected chi connectivity index (χ4v) is 10.1. The van der Waals surface area contributed by atoms with Gasteiger partial charge in [0.05, 0.1) is 17.2 Å². The van der Waals surface area contributed by atoms with Crippen molar-refractivity contribution < 1.29 is 25.9 Å². The molecule has 8 nitrogen and oxygen atoms in total. The summed E-state index contributed by atoms with van der Waals surface area (Å²) in [5.41, 5.74) is 17.7. The highest BCUT2D eigenvalue weighted by Gasteiger charge is 2.25. The number of thioether (sulfide) groups is 1. The molecule has 0 heterocycles. The van der Waals surface area contributed by atoms with Crippen LogP contribution in [0.1, 0.15) is 101 Å². The molecule has 3 N–H and O–H groups in total. The van der Waals surface area contributed by atoms with Gasteiger partial charge in [0.1, 0.15) is 4.90 Å². The molecule has 0 spiro atoms. The van der Waals surface area contributed by atoms with E-state index in [9.17, 15) is 25.9 Å². The third-order valence-electron chi connectivity index (χ3n) is 11.4. The summed E-state index contributed by atoms with van der Waals surface area (Å²) in [6.45, 7) is 25.4. The first-order valence-corrected chi connectivity index (χ1v) is 24.0. The number of nitrogens with one attached hydrogen (secondary N) is 1. The van der Waals surface area contributed by atoms with Gasteiger partial charge in [-0.1, -0.05) is 58.0 Å². The Labute approximate surface area is 356 Å². The first-order chi connectivity index (χ1) is 27.5. The average molecular weight is 855 g/mol. The average Bonchev–Trinajstić information content (AvgIpc) is 3.15. The normalized spacial score (nSPS) is 15.1. The molecule has 1 aliphatic rings. The Hall–Kier alpha value is -4.26. The number of rotatable bonds is 13. The third kappa shape index (κ3) is 10.6. The smallest absolute Gasteiger partial charge is 0.295 e. The Morgan fingerprint density at radius 1 is 0.729 bits per heavy atom. The lowest BCUT2D eigenvalue weighted by molar-refractivity contribution is 0.480. The van der Waals surface area contributed by atoms with Crippen molar-refractivity contribution in [3.05, 3.63) is 139 Å². The molecule has 4 aromatic carbocycles. The molecule has 0 saturated heterocycles. The molecular weight excluding hydrogens is 797 g/mol. The van der Waals surface area contributed by atoms with Crippen LogP contribution in [0.15, 0.2) is 92.7 Å². The topological polar surface area (TPSA) is 133 Å². The van der Waals surface area contributed by atoms with Gasteiger partial charge in [-0.05, 0) is 188 Å². The molecule has 1 aliphatic carbocycles. The lowest BCUT2D eigenvalue weighted by Crippen LogP contribution is -2.12. The van der Waals surface area contributed by atoms with E-state index in [0.29, 0.717) is 21.8 Å². The molecule has 0 bridgehead atoms. The Bertz CT molecular complexity index is 2670. The van der Waals surface area contributed by atoms with Crippen molar-refractivity contribution in [3.8, 4) is 0 Å². The van der Waals surface area contributed by atoms with E-state index in [1.54, 1.807) is 12.1 Å². The minimum atomic E-state index is -4.76. The van der Waals surface area contributed by atoms with E-state index in [-0.39, 0.29) is 23.2 Å². The van der Waals surface area contributed by atoms with Gasteiger partial charge in [0.25, 0.3) is 20.2 Å². The summed E-state index contributed by atoms with van der Waals surface area (Å²) >= 11 is 1.25. The van der Waals surface area contributed by atoms with E-state index in [1.807, 2.05) is 24.3 Å². The van der Waals surface area contributed by atoms with Crippen molar-refractivity contribution >= 4 is 60.3 Å². The van der Waals surface area contributed by atoms with Gasteiger partial charge >= 0.3 is 0 Å². The number of hydrogen-bond donors (Lipinski definition) is 3. The van der Waals surface area contributed by atoms with Gasteiger partial charge in [0.15, 0.2) is 0 Å². The summed E-state index contributed by atoms with van der Waals surface area (Å²) in [4.78, 5) is 5.51. The molecule has 0 amide bonds. The molecular formula is C48H58N2O6S3. The number of nitrogens with zero attached hydrogens (tertiary/aromatic N) is 1. The molecule has 0 atom stereocenters. The quantitative estimate of drug-likeness (QED) is 0.0688. The van der Waals surface area contributed by atoms with Crippen molar-refractivity contribution in [1.29, 1.82) is 0 Å². The number of anilines is 2. The number of benzene rings is 4. The summed E-state index contributed by atoms with van der Waals surface area (Å²) in [6.07, 6.45) is 6.22. The molecule has 0 aromatic heterocycles. The SMILES string of the molecule is Cc1cc(C)c(N=C2C=CC(=C(c3ccc(Nc4c(C)cc(C)c(C)c4C)c(C(C)C)c3)c3ccc(SCCCS(=O)(=O)O)cc3S(=O)(=O)O)C=C2C(C)C)c(C)c1C. The minimum absolute atomic E-state index is 0.0620. The predicted octanol–water partition coefficient (Wildman–Crippen LogP) is 12.4. The molecule has 0 fully saturated rings. The van der Waals surface area contributed by atoms with Crippen molar-refractivity contribution in [1.82, 2.24) is 0 Å². The lowest BCUT2D eigenvalue weighted by atomic mass is 9.84. The van der Waals surface area contributed by atoms with Crippen molar-refractivity contribution in [2.24, 2.45) is 10.9 Å². The van der Waals surface area contributed by atoms with Crippen LogP contribution in [0.5, 0.6) is 0 Å². The van der Waals surface area contributed by atoms with Crippen LogP contribution in [-0.2, 0) is 20.2 Å². The summed E-state index contributed by atoms with van der Waals surface area (Å²) < 4.78 is 69.3. The Kier molecular flexibility index (Phi) is 14.1. The van der Waals surface area contributed by atoms with Crippen LogP contribution in [0.3, 0.4) is 0 Å². The zero-order chi connectivity index (χ0) is 43.7. The summed E-state index contributed by atoms with van der Waals surface area (Å²) in [6, 6.07) is 15.4. The third-order valence-corrected chi connectivity index (χ3v) is 14.2. The van der Waals surface area contributed by atoms with Crippen molar-refractivity contribution in [3.63, 3.8) is 0 Å². The zero-order valence-electron chi connectivity index (χ0n) is 36.3. The van der Waals surface area contributed by atoms with E-state index < -0.39 is 26.0 Å². The van der Waals surface area contributed by atoms with Crippen LogP contribution in [0.2, 0.25) is 0 Å². The van der Waals surface area contributed by atoms with Crippen LogP contribution in [0.25, 0.3) is 5.57 Å². The molecule has 314 valence electrons. The maximum Gasteiger partial charge on any atom is 0.295 e. The van der Waals surface area contributed by atoms with E-state index in [1.165, 1.54) is 45.6 Å². The van der Waals surface area contributed by atoms with Gasteiger partial charge in [-0.15, -0.1) is 11.8 Å². The van der Waals surface area contributed by atoms with E-state index >= 15 is 0 Å². The highest BCUT2D eigenvalue weighted by atomic mass is 32.2. The van der Waals surface area contributed by atoms with Crippen LogP contribution in [0, 0.1) is 61.3 Å². The van der Waals surface area contributed by atoms with Crippen LogP contribution < -0.4 is 5.32 Å². The first-order valence-electron chi connectivity index (χ1n) is 20.0. The van der Waals surface area contributed by atoms with E-state index in [4.69, 9.17) is 4.99 Å². The molecule has 11 heteroatoms. The van der Waals surface area contributed by atoms with E-state index in [2.05, 4.69) is 113 Å². The summed E-state index contributed by atoms with van der Waals surface area (Å²) in [7, 11) is -8.89. The van der Waals surface area contributed by atoms with Gasteiger partial charge in [-0.3, -0.25) is 9.11 Å². The highest BCUT2D eigenvalue weighted by Crippen LogP contribution is 2.41. The standard InChI is InChI=1S/C48H58N2O6S3/c1-27(2)41-24-37(14-18-43(41)49-47-31(7)22-29(5)33(9)35(47)11)46(40-17-16-39(26-45(40)59(54,55)56)57-20-13-21-58(51,52)53)38-15-19-44(42(25-38)28(3)4)50-48-32(8)23-30(6)34(10)36(48)12/h14-19,22-28,49H,13,20-21H2,1-12H3,(H,51,52,53)(H,54,55,56). The Balaban J connectivity index is 1.77. The molecule has 4 aromatic rings. The molecule has 59 heavy (non-hydrogen) atoms. The van der Waals surface area contributed by atoms with Gasteiger partial charge in [-0.25, -0.2) is 4.99 Å². The second kappa shape index (κ2) is 18.2. The maximum atomic E-state index is 13.3. The summed E-state index contributed by atoms with van der Waals surface area (Å²) in [5, 5.41) is 3.74. The van der Waals surface area contributed by atoms with Crippen molar-refractivity contribution in [2.75, 3.05) is 16.8 Å². The molecule has 0 unspecified atom stereocenters. The molecule has 5 rings (SSSR count). The van der Waals surface area contributed by atoms with Gasteiger partial charge in [0, 0.05) is 21.8 Å². The fourth-order valence-electron chi connectivity index (χ4n) is 7.68. The van der Waals surface area contributed by atoms with Crippen LogP contribution >= 0.6 is 11.8 Å². The molecule has 0 saturated carbocycles. The number of aryl methyl sites for hydroxylation is 4. The van der Waals surface area contributed by atoms with E-state index in [0.717, 1.165) is 61.7 Å². The Morgan fingerprint density at radius 3 is 1.98 bits per heavy atom. The van der Waals surface area contributed by atoms with Crippen LogP contribution in [-0.4, -0.2) is 43.2 Å². The molecule has 0 aliphatic heterocycles. The van der Waals surface area contributed by atoms with Gasteiger partial charge in [0.2, 0.25) is 0 Å². The lowest BCUT2D eigenvalue weighted by Gasteiger charge is -2.24. The first kappa shape index (κ1) is 45.8. The molecule has 0 radical (unpaired) electrons. The maximum absolute atomic E-state index is 13.3. The van der Waals surface area contributed by atoms with Crippen LogP contribution in [0.4, 0.5) is 17.1 Å². The summed E-state index contributed by atoms with van der Waals surface area (Å²) in [5.74, 6) is 0.0573. The van der Waals surface area contributed by atoms with Gasteiger partial charge in [-0.2, -0.15) is 16.8 Å². The van der Waals surface area contributed by atoms with Crippen molar-refractivity contribution in [2.45, 2.75) is 105 Å². The highest BCUT2D eigenvalue weighted by molar-refractivity contribution is 7.99.